The van der Waals surface area contributed by atoms with Crippen LogP contribution >= 0.6 is 0 Å². The molecular formula is C23H26N2O3. The van der Waals surface area contributed by atoms with Crippen LogP contribution in [-0.2, 0) is 16.0 Å². The van der Waals surface area contributed by atoms with Gasteiger partial charge in [0.25, 0.3) is 5.91 Å². The molecule has 2 heterocycles. The second-order valence-corrected chi connectivity index (χ2v) is 7.65. The van der Waals surface area contributed by atoms with Crippen LogP contribution in [0.3, 0.4) is 0 Å². The predicted octanol–water partition coefficient (Wildman–Crippen LogP) is 3.28. The minimum absolute atomic E-state index is 0.0189. The van der Waals surface area contributed by atoms with Gasteiger partial charge in [0.05, 0.1) is 0 Å². The SMILES string of the molecule is CC1Cc2ccccc2N1C(=O)C1CCN(C(=O)COc2ccccc2)CC1. The molecule has 0 N–H and O–H groups in total. The van der Waals surface area contributed by atoms with E-state index in [1.54, 1.807) is 0 Å². The van der Waals surface area contributed by atoms with E-state index < -0.39 is 0 Å². The predicted molar refractivity (Wildman–Crippen MR) is 108 cm³/mol. The van der Waals surface area contributed by atoms with Crippen molar-refractivity contribution in [1.29, 1.82) is 0 Å². The van der Waals surface area contributed by atoms with Gasteiger partial charge < -0.3 is 14.5 Å². The first-order valence-electron chi connectivity index (χ1n) is 10.00. The number of likely N-dealkylation sites (tertiary alicyclic amines) is 1. The van der Waals surface area contributed by atoms with E-state index in [0.29, 0.717) is 31.7 Å². The van der Waals surface area contributed by atoms with Crippen molar-refractivity contribution in [2.75, 3.05) is 24.6 Å². The molecule has 28 heavy (non-hydrogen) atoms. The third-order valence-corrected chi connectivity index (χ3v) is 5.75. The van der Waals surface area contributed by atoms with Crippen LogP contribution in [0.1, 0.15) is 25.3 Å². The van der Waals surface area contributed by atoms with Crippen molar-refractivity contribution in [1.82, 2.24) is 4.90 Å². The van der Waals surface area contributed by atoms with E-state index in [1.807, 2.05) is 58.3 Å². The summed E-state index contributed by atoms with van der Waals surface area (Å²) in [6.07, 6.45) is 2.33. The molecule has 5 nitrogen and oxygen atoms in total. The van der Waals surface area contributed by atoms with E-state index in [1.165, 1.54) is 5.56 Å². The molecule has 2 aromatic carbocycles. The standard InChI is InChI=1S/C23H26N2O3/c1-17-15-19-7-5-6-10-21(19)25(17)23(27)18-11-13-24(14-12-18)22(26)16-28-20-8-3-2-4-9-20/h2-10,17-18H,11-16H2,1H3. The summed E-state index contributed by atoms with van der Waals surface area (Å²) in [5.41, 5.74) is 2.30. The van der Waals surface area contributed by atoms with Gasteiger partial charge in [0.2, 0.25) is 5.91 Å². The molecule has 0 radical (unpaired) electrons. The first-order chi connectivity index (χ1) is 13.6. The van der Waals surface area contributed by atoms with Gasteiger partial charge in [-0.1, -0.05) is 36.4 Å². The molecule has 2 aromatic rings. The fourth-order valence-electron chi connectivity index (χ4n) is 4.23. The lowest BCUT2D eigenvalue weighted by Gasteiger charge is -2.34. The first kappa shape index (κ1) is 18.5. The maximum absolute atomic E-state index is 13.2. The number of carbonyl (C=O) groups is 2. The molecule has 0 spiro atoms. The average Bonchev–Trinajstić information content (AvgIpc) is 3.08. The summed E-state index contributed by atoms with van der Waals surface area (Å²) in [7, 11) is 0. The summed E-state index contributed by atoms with van der Waals surface area (Å²) in [6, 6.07) is 17.7. The lowest BCUT2D eigenvalue weighted by atomic mass is 9.94. The average molecular weight is 378 g/mol. The number of fused-ring (bicyclic) bond motifs is 1. The lowest BCUT2D eigenvalue weighted by molar-refractivity contribution is -0.136. The summed E-state index contributed by atoms with van der Waals surface area (Å²) in [6.45, 7) is 3.37. The van der Waals surface area contributed by atoms with Gasteiger partial charge in [-0.05, 0) is 49.9 Å². The smallest absolute Gasteiger partial charge is 0.260 e. The number of anilines is 1. The van der Waals surface area contributed by atoms with Gasteiger partial charge in [0, 0.05) is 30.7 Å². The Hall–Kier alpha value is -2.82. The molecule has 0 saturated carbocycles. The number of benzene rings is 2. The van der Waals surface area contributed by atoms with E-state index in [9.17, 15) is 9.59 Å². The normalized spacial score (nSPS) is 19.4. The Morgan fingerprint density at radius 2 is 1.68 bits per heavy atom. The van der Waals surface area contributed by atoms with Gasteiger partial charge in [0.1, 0.15) is 5.75 Å². The Morgan fingerprint density at radius 1 is 1.00 bits per heavy atom. The van der Waals surface area contributed by atoms with Crippen LogP contribution < -0.4 is 9.64 Å². The number of nitrogens with zero attached hydrogens (tertiary/aromatic N) is 2. The third kappa shape index (κ3) is 3.75. The third-order valence-electron chi connectivity index (χ3n) is 5.75. The maximum Gasteiger partial charge on any atom is 0.260 e. The number of para-hydroxylation sites is 2. The van der Waals surface area contributed by atoms with Gasteiger partial charge in [-0.2, -0.15) is 0 Å². The summed E-state index contributed by atoms with van der Waals surface area (Å²) < 4.78 is 5.56. The molecule has 4 rings (SSSR count). The Labute approximate surface area is 165 Å². The number of amides is 2. The quantitative estimate of drug-likeness (QED) is 0.820. The van der Waals surface area contributed by atoms with Crippen LogP contribution in [0.5, 0.6) is 5.75 Å². The zero-order chi connectivity index (χ0) is 19.5. The highest BCUT2D eigenvalue weighted by Gasteiger charge is 2.36. The molecule has 1 unspecified atom stereocenters. The maximum atomic E-state index is 13.2. The summed E-state index contributed by atoms with van der Waals surface area (Å²) in [5.74, 6) is 0.857. The molecule has 1 fully saturated rings. The second-order valence-electron chi connectivity index (χ2n) is 7.65. The minimum Gasteiger partial charge on any atom is -0.484 e. The molecule has 0 aliphatic carbocycles. The molecule has 1 saturated heterocycles. The molecule has 0 aromatic heterocycles. The Balaban J connectivity index is 1.31. The van der Waals surface area contributed by atoms with Crippen molar-refractivity contribution in [2.24, 2.45) is 5.92 Å². The summed E-state index contributed by atoms with van der Waals surface area (Å²) in [4.78, 5) is 29.4. The van der Waals surface area contributed by atoms with E-state index in [2.05, 4.69) is 13.0 Å². The lowest BCUT2D eigenvalue weighted by Crippen LogP contribution is -2.47. The zero-order valence-corrected chi connectivity index (χ0v) is 16.2. The van der Waals surface area contributed by atoms with Crippen molar-refractivity contribution in [3.05, 3.63) is 60.2 Å². The number of hydrogen-bond donors (Lipinski definition) is 0. The molecule has 146 valence electrons. The molecule has 5 heteroatoms. The van der Waals surface area contributed by atoms with Gasteiger partial charge in [-0.3, -0.25) is 9.59 Å². The van der Waals surface area contributed by atoms with Gasteiger partial charge in [-0.15, -0.1) is 0 Å². The fourth-order valence-corrected chi connectivity index (χ4v) is 4.23. The zero-order valence-electron chi connectivity index (χ0n) is 16.2. The molecule has 0 bridgehead atoms. The summed E-state index contributed by atoms with van der Waals surface area (Å²) >= 11 is 0. The van der Waals surface area contributed by atoms with Crippen LogP contribution in [0, 0.1) is 5.92 Å². The molecule has 1 atom stereocenters. The Kier molecular flexibility index (Phi) is 5.33. The second kappa shape index (κ2) is 8.05. The number of hydrogen-bond acceptors (Lipinski definition) is 3. The number of carbonyl (C=O) groups excluding carboxylic acids is 2. The Morgan fingerprint density at radius 3 is 2.43 bits per heavy atom. The van der Waals surface area contributed by atoms with Crippen molar-refractivity contribution in [3.63, 3.8) is 0 Å². The highest BCUT2D eigenvalue weighted by atomic mass is 16.5. The minimum atomic E-state index is -0.0207. The van der Waals surface area contributed by atoms with Gasteiger partial charge >= 0.3 is 0 Å². The van der Waals surface area contributed by atoms with E-state index in [4.69, 9.17) is 4.74 Å². The highest BCUT2D eigenvalue weighted by Crippen LogP contribution is 2.34. The number of rotatable bonds is 4. The Bertz CT molecular complexity index is 844. The first-order valence-corrected chi connectivity index (χ1v) is 10.00. The van der Waals surface area contributed by atoms with E-state index in [-0.39, 0.29) is 30.4 Å². The van der Waals surface area contributed by atoms with Crippen molar-refractivity contribution in [3.8, 4) is 5.75 Å². The van der Waals surface area contributed by atoms with Gasteiger partial charge in [0.15, 0.2) is 6.61 Å². The van der Waals surface area contributed by atoms with Crippen molar-refractivity contribution >= 4 is 17.5 Å². The fraction of sp³-hybridized carbons (Fsp3) is 0.391. The van der Waals surface area contributed by atoms with E-state index >= 15 is 0 Å². The van der Waals surface area contributed by atoms with Crippen LogP contribution in [0.25, 0.3) is 0 Å². The highest BCUT2D eigenvalue weighted by molar-refractivity contribution is 5.97. The van der Waals surface area contributed by atoms with Crippen LogP contribution in [-0.4, -0.2) is 42.5 Å². The van der Waals surface area contributed by atoms with Crippen LogP contribution in [0.15, 0.2) is 54.6 Å². The number of ether oxygens (including phenoxy) is 1. The number of piperidine rings is 1. The molecule has 2 aliphatic rings. The summed E-state index contributed by atoms with van der Waals surface area (Å²) in [5, 5.41) is 0. The molecule has 2 aliphatic heterocycles. The van der Waals surface area contributed by atoms with Crippen molar-refractivity contribution < 1.29 is 14.3 Å². The largest absolute Gasteiger partial charge is 0.484 e. The van der Waals surface area contributed by atoms with Crippen molar-refractivity contribution in [2.45, 2.75) is 32.2 Å². The van der Waals surface area contributed by atoms with Crippen LogP contribution in [0.4, 0.5) is 5.69 Å². The van der Waals surface area contributed by atoms with Gasteiger partial charge in [-0.25, -0.2) is 0 Å². The monoisotopic (exact) mass is 378 g/mol. The topological polar surface area (TPSA) is 49.9 Å². The molecular weight excluding hydrogens is 352 g/mol. The van der Waals surface area contributed by atoms with Crippen LogP contribution in [0.2, 0.25) is 0 Å². The van der Waals surface area contributed by atoms with E-state index in [0.717, 1.165) is 12.1 Å². The molecule has 2 amide bonds.